The predicted molar refractivity (Wildman–Crippen MR) is 65.0 cm³/mol. The number of carbonyl (C=O) groups excluding carboxylic acids is 1. The number of H-pyrrole nitrogens is 1. The lowest BCUT2D eigenvalue weighted by Gasteiger charge is -2.03. The fourth-order valence-corrected chi connectivity index (χ4v) is 1.77. The van der Waals surface area contributed by atoms with E-state index in [1.165, 1.54) is 25.3 Å². The van der Waals surface area contributed by atoms with Gasteiger partial charge in [-0.15, -0.1) is 5.10 Å². The number of anilines is 1. The van der Waals surface area contributed by atoms with E-state index in [1.54, 1.807) is 0 Å². The summed E-state index contributed by atoms with van der Waals surface area (Å²) in [5.41, 5.74) is 0.284. The molecule has 0 atom stereocenters. The minimum absolute atomic E-state index is 0.114. The third-order valence-corrected chi connectivity index (χ3v) is 2.71. The highest BCUT2D eigenvalue weighted by atomic mass is 79.9. The van der Waals surface area contributed by atoms with Gasteiger partial charge in [-0.3, -0.25) is 10.1 Å². The fraction of sp³-hybridized carbons (Fsp3) is 0.100. The number of benzene rings is 1. The number of aromatic amines is 1. The number of amides is 1. The Hall–Kier alpha value is -1.96. The number of halogens is 2. The molecule has 1 amide bonds. The second-order valence-corrected chi connectivity index (χ2v) is 4.10. The molecule has 1 heterocycles. The lowest BCUT2D eigenvalue weighted by molar-refractivity contribution is 0.102. The molecule has 0 saturated carbocycles. The first-order chi connectivity index (χ1) is 8.60. The van der Waals surface area contributed by atoms with Crippen LogP contribution in [-0.2, 0) is 0 Å². The quantitative estimate of drug-likeness (QED) is 0.907. The summed E-state index contributed by atoms with van der Waals surface area (Å²) in [5.74, 6) is -0.728. The van der Waals surface area contributed by atoms with E-state index < -0.39 is 11.7 Å². The van der Waals surface area contributed by atoms with Crippen LogP contribution in [0.15, 0.2) is 22.7 Å². The van der Waals surface area contributed by atoms with Gasteiger partial charge in [-0.25, -0.2) is 9.49 Å². The van der Waals surface area contributed by atoms with Crippen LogP contribution < -0.4 is 10.1 Å². The van der Waals surface area contributed by atoms with Gasteiger partial charge in [0.2, 0.25) is 5.95 Å². The Morgan fingerprint density at radius 1 is 1.56 bits per heavy atom. The molecule has 0 aliphatic rings. The van der Waals surface area contributed by atoms with Crippen molar-refractivity contribution in [2.45, 2.75) is 0 Å². The number of methoxy groups -OCH3 is 1. The first kappa shape index (κ1) is 12.5. The number of carbonyl (C=O) groups is 1. The van der Waals surface area contributed by atoms with Crippen molar-refractivity contribution >= 4 is 27.8 Å². The van der Waals surface area contributed by atoms with E-state index in [0.29, 0.717) is 4.47 Å². The van der Waals surface area contributed by atoms with Gasteiger partial charge >= 0.3 is 6.01 Å². The van der Waals surface area contributed by atoms with Crippen LogP contribution in [0, 0.1) is 5.82 Å². The van der Waals surface area contributed by atoms with Crippen molar-refractivity contribution in [2.24, 2.45) is 0 Å². The molecular formula is C10H8BrFN4O2. The van der Waals surface area contributed by atoms with Gasteiger partial charge in [-0.05, 0) is 34.1 Å². The van der Waals surface area contributed by atoms with Crippen LogP contribution in [0.1, 0.15) is 10.4 Å². The monoisotopic (exact) mass is 314 g/mol. The van der Waals surface area contributed by atoms with Crippen molar-refractivity contribution in [3.05, 3.63) is 34.1 Å². The van der Waals surface area contributed by atoms with E-state index in [-0.39, 0.29) is 17.5 Å². The summed E-state index contributed by atoms with van der Waals surface area (Å²) in [6, 6.07) is 3.88. The third-order valence-electron chi connectivity index (χ3n) is 2.06. The Balaban J connectivity index is 2.16. The van der Waals surface area contributed by atoms with Crippen molar-refractivity contribution < 1.29 is 13.9 Å². The van der Waals surface area contributed by atoms with E-state index in [2.05, 4.69) is 36.4 Å². The zero-order valence-corrected chi connectivity index (χ0v) is 10.8. The van der Waals surface area contributed by atoms with Crippen LogP contribution in [0.5, 0.6) is 6.01 Å². The van der Waals surface area contributed by atoms with Crippen LogP contribution in [0.4, 0.5) is 10.3 Å². The zero-order chi connectivity index (χ0) is 13.1. The molecule has 2 aromatic rings. The second-order valence-electron chi connectivity index (χ2n) is 3.25. The first-order valence-corrected chi connectivity index (χ1v) is 5.62. The van der Waals surface area contributed by atoms with E-state index in [4.69, 9.17) is 4.74 Å². The lowest BCUT2D eigenvalue weighted by Crippen LogP contribution is -2.13. The van der Waals surface area contributed by atoms with E-state index >= 15 is 0 Å². The van der Waals surface area contributed by atoms with Crippen LogP contribution in [0.25, 0.3) is 0 Å². The van der Waals surface area contributed by atoms with Crippen molar-refractivity contribution in [3.8, 4) is 6.01 Å². The summed E-state index contributed by atoms with van der Waals surface area (Å²) in [4.78, 5) is 15.7. The van der Waals surface area contributed by atoms with Gasteiger partial charge in [0, 0.05) is 4.47 Å². The Kier molecular flexibility index (Phi) is 3.56. The maximum absolute atomic E-state index is 12.9. The number of ether oxygens (including phenoxy) is 1. The summed E-state index contributed by atoms with van der Waals surface area (Å²) in [6.45, 7) is 0. The number of hydrogen-bond donors (Lipinski definition) is 2. The highest BCUT2D eigenvalue weighted by Crippen LogP contribution is 2.19. The maximum Gasteiger partial charge on any atom is 0.336 e. The average molecular weight is 315 g/mol. The molecule has 8 heteroatoms. The molecule has 18 heavy (non-hydrogen) atoms. The summed E-state index contributed by atoms with van der Waals surface area (Å²) in [5, 5.41) is 8.63. The minimum atomic E-state index is -0.444. The van der Waals surface area contributed by atoms with Crippen molar-refractivity contribution in [3.63, 3.8) is 0 Å². The molecule has 0 aliphatic heterocycles. The Morgan fingerprint density at radius 3 is 2.94 bits per heavy atom. The molecule has 0 unspecified atom stereocenters. The highest BCUT2D eigenvalue weighted by molar-refractivity contribution is 9.10. The van der Waals surface area contributed by atoms with Crippen LogP contribution in [0.2, 0.25) is 0 Å². The molecule has 2 N–H and O–H groups in total. The molecule has 0 bridgehead atoms. The molecule has 0 spiro atoms. The molecule has 6 nitrogen and oxygen atoms in total. The molecule has 0 fully saturated rings. The normalized spacial score (nSPS) is 10.2. The number of hydrogen-bond acceptors (Lipinski definition) is 4. The first-order valence-electron chi connectivity index (χ1n) is 4.83. The number of aromatic nitrogens is 3. The van der Waals surface area contributed by atoms with E-state index in [0.717, 1.165) is 0 Å². The van der Waals surface area contributed by atoms with Gasteiger partial charge in [0.15, 0.2) is 0 Å². The van der Waals surface area contributed by atoms with Gasteiger partial charge in [-0.2, -0.15) is 4.98 Å². The highest BCUT2D eigenvalue weighted by Gasteiger charge is 2.13. The van der Waals surface area contributed by atoms with Gasteiger partial charge in [0.1, 0.15) is 5.82 Å². The fourth-order valence-electron chi connectivity index (χ4n) is 1.24. The van der Waals surface area contributed by atoms with Crippen LogP contribution >= 0.6 is 15.9 Å². The standard InChI is InChI=1S/C10H8BrFN4O2/c1-18-10-14-9(15-16-10)13-8(17)6-3-2-5(12)4-7(6)11/h2-4H,1H3,(H2,13,14,15,16,17). The topological polar surface area (TPSA) is 79.9 Å². The van der Waals surface area contributed by atoms with Crippen molar-refractivity contribution in [1.82, 2.24) is 15.2 Å². The molecule has 2 rings (SSSR count). The average Bonchev–Trinajstić information content (AvgIpc) is 2.76. The number of nitrogens with zero attached hydrogens (tertiary/aromatic N) is 2. The van der Waals surface area contributed by atoms with Crippen LogP contribution in [-0.4, -0.2) is 28.2 Å². The third kappa shape index (κ3) is 2.65. The molecule has 1 aromatic carbocycles. The Labute approximate surface area is 110 Å². The summed E-state index contributed by atoms with van der Waals surface area (Å²) in [7, 11) is 1.41. The van der Waals surface area contributed by atoms with Gasteiger partial charge in [0.25, 0.3) is 5.91 Å². The van der Waals surface area contributed by atoms with E-state index in [9.17, 15) is 9.18 Å². The smallest absolute Gasteiger partial charge is 0.336 e. The second kappa shape index (κ2) is 5.13. The van der Waals surface area contributed by atoms with Crippen molar-refractivity contribution in [1.29, 1.82) is 0 Å². The molecular weight excluding hydrogens is 307 g/mol. The predicted octanol–water partition coefficient (Wildman–Crippen LogP) is 1.97. The van der Waals surface area contributed by atoms with Crippen LogP contribution in [0.3, 0.4) is 0 Å². The zero-order valence-electron chi connectivity index (χ0n) is 9.20. The largest absolute Gasteiger partial charge is 0.466 e. The van der Waals surface area contributed by atoms with Gasteiger partial charge < -0.3 is 4.74 Å². The van der Waals surface area contributed by atoms with E-state index in [1.807, 2.05) is 0 Å². The number of rotatable bonds is 3. The molecule has 0 radical (unpaired) electrons. The minimum Gasteiger partial charge on any atom is -0.466 e. The Bertz CT molecular complexity index is 587. The molecule has 1 aromatic heterocycles. The molecule has 0 saturated heterocycles. The summed E-state index contributed by atoms with van der Waals surface area (Å²) >= 11 is 3.11. The summed E-state index contributed by atoms with van der Waals surface area (Å²) in [6.07, 6.45) is 0. The Morgan fingerprint density at radius 2 is 2.33 bits per heavy atom. The SMILES string of the molecule is COc1n[nH]c(NC(=O)c2ccc(F)cc2Br)n1. The molecule has 0 aliphatic carbocycles. The molecule has 94 valence electrons. The lowest BCUT2D eigenvalue weighted by atomic mass is 10.2. The van der Waals surface area contributed by atoms with Gasteiger partial charge in [0.05, 0.1) is 12.7 Å². The van der Waals surface area contributed by atoms with Crippen molar-refractivity contribution in [2.75, 3.05) is 12.4 Å². The maximum atomic E-state index is 12.9. The van der Waals surface area contributed by atoms with Gasteiger partial charge in [-0.1, -0.05) is 0 Å². The number of nitrogens with one attached hydrogen (secondary N) is 2. The summed E-state index contributed by atoms with van der Waals surface area (Å²) < 4.78 is 18.0.